The van der Waals surface area contributed by atoms with E-state index in [0.717, 1.165) is 17.8 Å². The zero-order chi connectivity index (χ0) is 12.3. The topological polar surface area (TPSA) is 60.0 Å². The number of hydrogen-bond donors (Lipinski definition) is 1. The minimum atomic E-state index is 0.669. The average molecular weight is 233 g/mol. The minimum absolute atomic E-state index is 0.669. The van der Waals surface area contributed by atoms with Gasteiger partial charge >= 0.3 is 0 Å². The van der Waals surface area contributed by atoms with E-state index >= 15 is 0 Å². The maximum absolute atomic E-state index is 5.24. The molecular formula is C12H15N3O2. The van der Waals surface area contributed by atoms with Gasteiger partial charge in [0.05, 0.1) is 14.2 Å². The van der Waals surface area contributed by atoms with Crippen LogP contribution in [0.15, 0.2) is 18.2 Å². The first-order valence-corrected chi connectivity index (χ1v) is 5.42. The summed E-state index contributed by atoms with van der Waals surface area (Å²) in [5, 5.41) is 7.04. The molecule has 0 aliphatic heterocycles. The lowest BCUT2D eigenvalue weighted by molar-refractivity contribution is 0.355. The Bertz CT molecular complexity index is 508. The van der Waals surface area contributed by atoms with Crippen LogP contribution in [-0.4, -0.2) is 29.4 Å². The van der Waals surface area contributed by atoms with Crippen molar-refractivity contribution in [3.05, 3.63) is 24.0 Å². The zero-order valence-electron chi connectivity index (χ0n) is 10.2. The number of H-pyrrole nitrogens is 1. The van der Waals surface area contributed by atoms with Gasteiger partial charge in [-0.05, 0) is 18.2 Å². The lowest BCUT2D eigenvalue weighted by Gasteiger charge is -2.07. The second kappa shape index (κ2) is 4.86. The van der Waals surface area contributed by atoms with E-state index in [1.807, 2.05) is 25.1 Å². The van der Waals surface area contributed by atoms with E-state index in [2.05, 4.69) is 15.2 Å². The molecule has 1 N–H and O–H groups in total. The maximum atomic E-state index is 5.24. The fourth-order valence-electron chi connectivity index (χ4n) is 1.56. The number of rotatable bonds is 4. The SMILES string of the molecule is CCc1nc(-c2ccc(OC)c(OC)c2)n[nH]1. The molecule has 0 aliphatic carbocycles. The van der Waals surface area contributed by atoms with Gasteiger partial charge in [-0.1, -0.05) is 6.92 Å². The molecule has 0 saturated carbocycles. The summed E-state index contributed by atoms with van der Waals surface area (Å²) in [6, 6.07) is 5.61. The maximum Gasteiger partial charge on any atom is 0.181 e. The summed E-state index contributed by atoms with van der Waals surface area (Å²) in [6.07, 6.45) is 0.834. The van der Waals surface area contributed by atoms with Crippen molar-refractivity contribution in [1.29, 1.82) is 0 Å². The van der Waals surface area contributed by atoms with Crippen LogP contribution in [0.5, 0.6) is 11.5 Å². The Kier molecular flexibility index (Phi) is 3.27. The third-order valence-corrected chi connectivity index (χ3v) is 2.51. The fourth-order valence-corrected chi connectivity index (χ4v) is 1.56. The van der Waals surface area contributed by atoms with Crippen LogP contribution in [0, 0.1) is 0 Å². The molecule has 5 heteroatoms. The van der Waals surface area contributed by atoms with Crippen LogP contribution in [-0.2, 0) is 6.42 Å². The van der Waals surface area contributed by atoms with Gasteiger partial charge < -0.3 is 9.47 Å². The Labute approximate surface area is 99.8 Å². The molecule has 2 rings (SSSR count). The van der Waals surface area contributed by atoms with Gasteiger partial charge in [-0.2, -0.15) is 5.10 Å². The van der Waals surface area contributed by atoms with Crippen LogP contribution in [0.2, 0.25) is 0 Å². The van der Waals surface area contributed by atoms with Gasteiger partial charge in [0.15, 0.2) is 17.3 Å². The summed E-state index contributed by atoms with van der Waals surface area (Å²) >= 11 is 0. The van der Waals surface area contributed by atoms with E-state index in [9.17, 15) is 0 Å². The van der Waals surface area contributed by atoms with Crippen LogP contribution in [0.3, 0.4) is 0 Å². The fraction of sp³-hybridized carbons (Fsp3) is 0.333. The number of nitrogens with zero attached hydrogens (tertiary/aromatic N) is 2. The number of hydrogen-bond acceptors (Lipinski definition) is 4. The van der Waals surface area contributed by atoms with Crippen LogP contribution in [0.1, 0.15) is 12.7 Å². The molecule has 5 nitrogen and oxygen atoms in total. The number of aryl methyl sites for hydroxylation is 1. The first kappa shape index (κ1) is 11.4. The van der Waals surface area contributed by atoms with Crippen molar-refractivity contribution in [2.75, 3.05) is 14.2 Å². The number of benzene rings is 1. The summed E-state index contributed by atoms with van der Waals surface area (Å²) in [4.78, 5) is 4.37. The monoisotopic (exact) mass is 233 g/mol. The molecule has 90 valence electrons. The molecule has 1 heterocycles. The van der Waals surface area contributed by atoms with Gasteiger partial charge in [0.2, 0.25) is 0 Å². The van der Waals surface area contributed by atoms with Crippen LogP contribution < -0.4 is 9.47 Å². The third-order valence-electron chi connectivity index (χ3n) is 2.51. The van der Waals surface area contributed by atoms with E-state index in [-0.39, 0.29) is 0 Å². The highest BCUT2D eigenvalue weighted by molar-refractivity contribution is 5.60. The number of ether oxygens (including phenoxy) is 2. The van der Waals surface area contributed by atoms with Gasteiger partial charge in [0, 0.05) is 12.0 Å². The van der Waals surface area contributed by atoms with Gasteiger partial charge in [-0.15, -0.1) is 0 Å². The molecule has 2 aromatic rings. The average Bonchev–Trinajstić information content (AvgIpc) is 2.86. The van der Waals surface area contributed by atoms with Gasteiger partial charge in [-0.25, -0.2) is 4.98 Å². The normalized spacial score (nSPS) is 10.3. The standard InChI is InChI=1S/C12H15N3O2/c1-4-11-13-12(15-14-11)8-5-6-9(16-2)10(7-8)17-3/h5-7H,4H2,1-3H3,(H,13,14,15). The second-order valence-electron chi connectivity index (χ2n) is 3.53. The Morgan fingerprint density at radius 3 is 2.53 bits per heavy atom. The predicted molar refractivity (Wildman–Crippen MR) is 64.3 cm³/mol. The number of methoxy groups -OCH3 is 2. The number of nitrogens with one attached hydrogen (secondary N) is 1. The predicted octanol–water partition coefficient (Wildman–Crippen LogP) is 2.05. The first-order valence-electron chi connectivity index (χ1n) is 5.42. The molecule has 17 heavy (non-hydrogen) atoms. The molecule has 0 saturated heterocycles. The van der Waals surface area contributed by atoms with Crippen molar-refractivity contribution in [1.82, 2.24) is 15.2 Å². The Morgan fingerprint density at radius 1 is 1.18 bits per heavy atom. The molecule has 1 aromatic heterocycles. The highest BCUT2D eigenvalue weighted by Gasteiger charge is 2.09. The van der Waals surface area contributed by atoms with E-state index in [1.54, 1.807) is 14.2 Å². The number of aromatic nitrogens is 3. The van der Waals surface area contributed by atoms with E-state index in [0.29, 0.717) is 17.3 Å². The highest BCUT2D eigenvalue weighted by atomic mass is 16.5. The first-order chi connectivity index (χ1) is 8.28. The van der Waals surface area contributed by atoms with Crippen molar-refractivity contribution >= 4 is 0 Å². The minimum Gasteiger partial charge on any atom is -0.493 e. The van der Waals surface area contributed by atoms with Gasteiger partial charge in [0.1, 0.15) is 5.82 Å². The van der Waals surface area contributed by atoms with Crippen molar-refractivity contribution in [2.24, 2.45) is 0 Å². The van der Waals surface area contributed by atoms with E-state index < -0.39 is 0 Å². The van der Waals surface area contributed by atoms with Crippen LogP contribution in [0.4, 0.5) is 0 Å². The summed E-state index contributed by atoms with van der Waals surface area (Å²) in [5.74, 6) is 2.91. The molecule has 0 aliphatic rings. The molecule has 0 unspecified atom stereocenters. The van der Waals surface area contributed by atoms with Crippen molar-refractivity contribution in [2.45, 2.75) is 13.3 Å². The molecular weight excluding hydrogens is 218 g/mol. The Morgan fingerprint density at radius 2 is 1.94 bits per heavy atom. The Balaban J connectivity index is 2.38. The van der Waals surface area contributed by atoms with Gasteiger partial charge in [0.25, 0.3) is 0 Å². The number of aromatic amines is 1. The summed E-state index contributed by atoms with van der Waals surface area (Å²) in [7, 11) is 3.22. The third kappa shape index (κ3) is 2.22. The van der Waals surface area contributed by atoms with E-state index in [1.165, 1.54) is 0 Å². The molecule has 0 spiro atoms. The lowest BCUT2D eigenvalue weighted by atomic mass is 10.2. The molecule has 0 atom stereocenters. The van der Waals surface area contributed by atoms with Crippen LogP contribution >= 0.6 is 0 Å². The molecule has 1 aromatic carbocycles. The Hall–Kier alpha value is -2.04. The molecule has 0 bridgehead atoms. The van der Waals surface area contributed by atoms with Gasteiger partial charge in [-0.3, -0.25) is 5.10 Å². The molecule has 0 amide bonds. The quantitative estimate of drug-likeness (QED) is 0.878. The largest absolute Gasteiger partial charge is 0.493 e. The summed E-state index contributed by atoms with van der Waals surface area (Å²) in [6.45, 7) is 2.03. The lowest BCUT2D eigenvalue weighted by Crippen LogP contribution is -1.91. The van der Waals surface area contributed by atoms with Crippen molar-refractivity contribution in [3.63, 3.8) is 0 Å². The molecule has 0 fully saturated rings. The summed E-state index contributed by atoms with van der Waals surface area (Å²) in [5.41, 5.74) is 0.901. The zero-order valence-corrected chi connectivity index (χ0v) is 10.2. The van der Waals surface area contributed by atoms with Crippen molar-refractivity contribution < 1.29 is 9.47 Å². The van der Waals surface area contributed by atoms with E-state index in [4.69, 9.17) is 9.47 Å². The molecule has 0 radical (unpaired) electrons. The highest BCUT2D eigenvalue weighted by Crippen LogP contribution is 2.30. The second-order valence-corrected chi connectivity index (χ2v) is 3.53. The van der Waals surface area contributed by atoms with Crippen molar-refractivity contribution in [3.8, 4) is 22.9 Å². The van der Waals surface area contributed by atoms with Crippen LogP contribution in [0.25, 0.3) is 11.4 Å². The smallest absolute Gasteiger partial charge is 0.181 e. The summed E-state index contributed by atoms with van der Waals surface area (Å²) < 4.78 is 10.4.